The summed E-state index contributed by atoms with van der Waals surface area (Å²) < 4.78 is 1.64. The molecule has 0 aromatic carbocycles. The Morgan fingerprint density at radius 1 is 1.47 bits per heavy atom. The summed E-state index contributed by atoms with van der Waals surface area (Å²) in [6.45, 7) is 0. The van der Waals surface area contributed by atoms with Crippen LogP contribution in [-0.4, -0.2) is 31.4 Å². The largest absolute Gasteiger partial charge is 0.476 e. The minimum absolute atomic E-state index is 0.121. The van der Waals surface area contributed by atoms with Crippen molar-refractivity contribution < 1.29 is 15.1 Å². The molecule has 0 aliphatic rings. The lowest BCUT2D eigenvalue weighted by Gasteiger charge is -1.90. The standard InChI is InChI=1S/C9H7N3O3/c13-9(14)8(11-15)6-5-12-4-2-1-3-7(12)10-6/h1-5,15H,(H,13,14)/b11-8+. The number of fused-ring (bicyclic) bond motifs is 1. The van der Waals surface area contributed by atoms with Gasteiger partial charge in [-0.05, 0) is 12.1 Å². The number of oxime groups is 1. The van der Waals surface area contributed by atoms with Gasteiger partial charge in [0.05, 0.1) is 0 Å². The van der Waals surface area contributed by atoms with Gasteiger partial charge in [0.15, 0.2) is 0 Å². The Bertz CT molecular complexity index is 511. The fraction of sp³-hybridized carbons (Fsp3) is 0. The number of hydrogen-bond donors (Lipinski definition) is 2. The van der Waals surface area contributed by atoms with Gasteiger partial charge in [0.2, 0.25) is 5.71 Å². The van der Waals surface area contributed by atoms with Crippen molar-refractivity contribution >= 4 is 17.3 Å². The van der Waals surface area contributed by atoms with Crippen molar-refractivity contribution in [2.75, 3.05) is 0 Å². The molecule has 2 heterocycles. The maximum Gasteiger partial charge on any atom is 0.360 e. The monoisotopic (exact) mass is 205 g/mol. The van der Waals surface area contributed by atoms with Crippen LogP contribution in [0.2, 0.25) is 0 Å². The van der Waals surface area contributed by atoms with E-state index in [1.807, 2.05) is 0 Å². The molecule has 6 nitrogen and oxygen atoms in total. The van der Waals surface area contributed by atoms with Crippen molar-refractivity contribution in [1.29, 1.82) is 0 Å². The average molecular weight is 205 g/mol. The third-order valence-electron chi connectivity index (χ3n) is 1.91. The van der Waals surface area contributed by atoms with E-state index in [4.69, 9.17) is 10.3 Å². The molecule has 6 heteroatoms. The molecule has 0 unspecified atom stereocenters. The van der Waals surface area contributed by atoms with Crippen molar-refractivity contribution in [3.05, 3.63) is 36.3 Å². The predicted octanol–water partition coefficient (Wildman–Crippen LogP) is 0.597. The maximum absolute atomic E-state index is 10.7. The smallest absolute Gasteiger partial charge is 0.360 e. The van der Waals surface area contributed by atoms with Crippen LogP contribution >= 0.6 is 0 Å². The molecule has 0 aliphatic carbocycles. The van der Waals surface area contributed by atoms with Crippen LogP contribution in [0.5, 0.6) is 0 Å². The molecule has 76 valence electrons. The second kappa shape index (κ2) is 3.41. The summed E-state index contributed by atoms with van der Waals surface area (Å²) in [6, 6.07) is 5.29. The molecule has 0 spiro atoms. The Hall–Kier alpha value is -2.37. The van der Waals surface area contributed by atoms with Crippen molar-refractivity contribution in [2.24, 2.45) is 5.16 Å². The number of carboxylic acids is 1. The first kappa shape index (κ1) is 9.20. The highest BCUT2D eigenvalue weighted by Gasteiger charge is 2.16. The van der Waals surface area contributed by atoms with E-state index < -0.39 is 11.7 Å². The SMILES string of the molecule is O=C(O)/C(=N/O)c1cn2ccccc2n1. The number of imidazole rings is 1. The minimum Gasteiger partial charge on any atom is -0.476 e. The van der Waals surface area contributed by atoms with Crippen molar-refractivity contribution in [2.45, 2.75) is 0 Å². The Labute approximate surface area is 84.1 Å². The zero-order chi connectivity index (χ0) is 10.8. The maximum atomic E-state index is 10.7. The first-order valence-corrected chi connectivity index (χ1v) is 4.12. The highest BCUT2D eigenvalue weighted by molar-refractivity contribution is 6.41. The van der Waals surface area contributed by atoms with Gasteiger partial charge < -0.3 is 14.7 Å². The zero-order valence-electron chi connectivity index (χ0n) is 7.53. The summed E-state index contributed by atoms with van der Waals surface area (Å²) in [6.07, 6.45) is 3.21. The van der Waals surface area contributed by atoms with E-state index >= 15 is 0 Å². The van der Waals surface area contributed by atoms with Gasteiger partial charge in [-0.25, -0.2) is 9.78 Å². The lowest BCUT2D eigenvalue weighted by atomic mass is 10.3. The van der Waals surface area contributed by atoms with Crippen LogP contribution in [0.4, 0.5) is 0 Å². The molecule has 0 aliphatic heterocycles. The second-order valence-corrected chi connectivity index (χ2v) is 2.85. The van der Waals surface area contributed by atoms with Crippen molar-refractivity contribution in [3.8, 4) is 0 Å². The second-order valence-electron chi connectivity index (χ2n) is 2.85. The Kier molecular flexibility index (Phi) is 2.09. The van der Waals surface area contributed by atoms with Crippen LogP contribution in [0.25, 0.3) is 5.65 Å². The summed E-state index contributed by atoms with van der Waals surface area (Å²) in [5.41, 5.74) is 0.241. The Balaban J connectivity index is 2.58. The zero-order valence-corrected chi connectivity index (χ0v) is 7.53. The van der Waals surface area contributed by atoms with Crippen LogP contribution in [0.15, 0.2) is 35.7 Å². The summed E-state index contributed by atoms with van der Waals surface area (Å²) in [4.78, 5) is 14.7. The molecule has 2 N–H and O–H groups in total. The van der Waals surface area contributed by atoms with Gasteiger partial charge in [-0.15, -0.1) is 0 Å². The van der Waals surface area contributed by atoms with Crippen LogP contribution < -0.4 is 0 Å². The lowest BCUT2D eigenvalue weighted by molar-refractivity contribution is -0.129. The molecule has 0 radical (unpaired) electrons. The number of aliphatic carboxylic acids is 1. The Morgan fingerprint density at radius 3 is 2.87 bits per heavy atom. The van der Waals surface area contributed by atoms with Crippen molar-refractivity contribution in [1.82, 2.24) is 9.38 Å². The third kappa shape index (κ3) is 1.52. The molecule has 0 saturated carbocycles. The molecule has 0 fully saturated rings. The van der Waals surface area contributed by atoms with E-state index in [0.29, 0.717) is 5.65 Å². The molecule has 0 amide bonds. The number of carboxylic acid groups (broad SMARTS) is 1. The molecule has 2 aromatic heterocycles. The van der Waals surface area contributed by atoms with Gasteiger partial charge in [-0.2, -0.15) is 0 Å². The highest BCUT2D eigenvalue weighted by atomic mass is 16.4. The number of nitrogens with zero attached hydrogens (tertiary/aromatic N) is 3. The number of hydrogen-bond acceptors (Lipinski definition) is 4. The molecule has 0 saturated heterocycles. The summed E-state index contributed by atoms with van der Waals surface area (Å²) in [5, 5.41) is 19.9. The molecule has 2 aromatic rings. The third-order valence-corrected chi connectivity index (χ3v) is 1.91. The van der Waals surface area contributed by atoms with E-state index in [0.717, 1.165) is 0 Å². The highest BCUT2D eigenvalue weighted by Crippen LogP contribution is 2.05. The first-order valence-electron chi connectivity index (χ1n) is 4.12. The minimum atomic E-state index is -1.32. The van der Waals surface area contributed by atoms with E-state index in [-0.39, 0.29) is 5.69 Å². The summed E-state index contributed by atoms with van der Waals surface area (Å²) in [7, 11) is 0. The molecule has 2 rings (SSSR count). The fourth-order valence-corrected chi connectivity index (χ4v) is 1.25. The van der Waals surface area contributed by atoms with Gasteiger partial charge in [0.1, 0.15) is 11.3 Å². The number of aromatic nitrogens is 2. The van der Waals surface area contributed by atoms with E-state index in [1.165, 1.54) is 6.20 Å². The Morgan fingerprint density at radius 2 is 2.27 bits per heavy atom. The van der Waals surface area contributed by atoms with E-state index in [1.54, 1.807) is 28.8 Å². The fourth-order valence-electron chi connectivity index (χ4n) is 1.25. The van der Waals surface area contributed by atoms with Crippen LogP contribution in [0, 0.1) is 0 Å². The van der Waals surface area contributed by atoms with Gasteiger partial charge in [-0.3, -0.25) is 0 Å². The molecule has 15 heavy (non-hydrogen) atoms. The van der Waals surface area contributed by atoms with Gasteiger partial charge >= 0.3 is 5.97 Å². The lowest BCUT2D eigenvalue weighted by Crippen LogP contribution is -2.14. The normalized spacial score (nSPS) is 11.9. The van der Waals surface area contributed by atoms with Gasteiger partial charge in [0, 0.05) is 12.4 Å². The quantitative estimate of drug-likeness (QED) is 0.427. The molecule has 0 atom stereocenters. The van der Waals surface area contributed by atoms with E-state index in [2.05, 4.69) is 10.1 Å². The van der Waals surface area contributed by atoms with Gasteiger partial charge in [-0.1, -0.05) is 11.2 Å². The topological polar surface area (TPSA) is 87.2 Å². The summed E-state index contributed by atoms with van der Waals surface area (Å²) >= 11 is 0. The average Bonchev–Trinajstić information content (AvgIpc) is 2.61. The van der Waals surface area contributed by atoms with Crippen LogP contribution in [0.1, 0.15) is 5.69 Å². The van der Waals surface area contributed by atoms with E-state index in [9.17, 15) is 4.79 Å². The molecular formula is C9H7N3O3. The number of pyridine rings is 1. The predicted molar refractivity (Wildman–Crippen MR) is 51.2 cm³/mol. The molecule has 0 bridgehead atoms. The van der Waals surface area contributed by atoms with Crippen LogP contribution in [-0.2, 0) is 4.79 Å². The number of rotatable bonds is 2. The summed E-state index contributed by atoms with van der Waals surface area (Å²) in [5.74, 6) is -1.32. The number of carbonyl (C=O) groups is 1. The van der Waals surface area contributed by atoms with Crippen LogP contribution in [0.3, 0.4) is 0 Å². The van der Waals surface area contributed by atoms with Gasteiger partial charge in [0.25, 0.3) is 0 Å². The van der Waals surface area contributed by atoms with Crippen molar-refractivity contribution in [3.63, 3.8) is 0 Å². The molecular weight excluding hydrogens is 198 g/mol. The first-order chi connectivity index (χ1) is 7.22.